The van der Waals surface area contributed by atoms with Gasteiger partial charge < -0.3 is 10.7 Å². The molecule has 156 valence electrons. The molecule has 2 aromatic carbocycles. The number of halogens is 4. The lowest BCUT2D eigenvalue weighted by molar-refractivity contribution is -0.119. The molecule has 2 amide bonds. The van der Waals surface area contributed by atoms with E-state index in [4.69, 9.17) is 22.4 Å². The van der Waals surface area contributed by atoms with E-state index in [-0.39, 0.29) is 22.0 Å². The number of benzene rings is 2. The number of hydrogen-bond donors (Lipinski definition) is 3. The molecule has 0 fully saturated rings. The van der Waals surface area contributed by atoms with Crippen molar-refractivity contribution >= 4 is 41.2 Å². The first kappa shape index (κ1) is 22.8. The number of carbonyl (C=O) groups excluding carboxylic acids is 2. The first-order valence-electron chi connectivity index (χ1n) is 8.42. The molecule has 0 saturated heterocycles. The Morgan fingerprint density at radius 1 is 1.17 bits per heavy atom. The van der Waals surface area contributed by atoms with Crippen molar-refractivity contribution in [3.8, 4) is 0 Å². The summed E-state index contributed by atoms with van der Waals surface area (Å²) in [5.41, 5.74) is -0.493. The highest BCUT2D eigenvalue weighted by molar-refractivity contribution is 6.31. The maximum Gasteiger partial charge on any atom is 0.229 e. The molecule has 0 aliphatic rings. The second kappa shape index (κ2) is 9.84. The minimum atomic E-state index is -0.949. The maximum atomic E-state index is 13.8. The smallest absolute Gasteiger partial charge is 0.229 e. The summed E-state index contributed by atoms with van der Waals surface area (Å²) in [5.74, 6) is -4.59. The quantitative estimate of drug-likeness (QED) is 0.471. The topological polar surface area (TPSA) is 97.1 Å². The van der Waals surface area contributed by atoms with E-state index < -0.39 is 41.5 Å². The Balaban J connectivity index is 2.24. The van der Waals surface area contributed by atoms with E-state index in [1.54, 1.807) is 0 Å². The van der Waals surface area contributed by atoms with Crippen LogP contribution in [-0.2, 0) is 16.0 Å². The molecule has 2 aromatic rings. The van der Waals surface area contributed by atoms with Crippen LogP contribution in [0.25, 0.3) is 0 Å². The molecule has 10 heteroatoms. The highest BCUT2D eigenvalue weighted by Crippen LogP contribution is 2.20. The van der Waals surface area contributed by atoms with Gasteiger partial charge in [0.15, 0.2) is 0 Å². The Labute approximate surface area is 175 Å². The number of carbonyl (C=O) groups is 2. The Morgan fingerprint density at radius 2 is 1.80 bits per heavy atom. The molecular formula is C20H16ClF3N4O2. The highest BCUT2D eigenvalue weighted by Gasteiger charge is 2.19. The van der Waals surface area contributed by atoms with Gasteiger partial charge in [-0.3, -0.25) is 19.9 Å². The van der Waals surface area contributed by atoms with E-state index in [1.807, 2.05) is 0 Å². The standard InChI is InChI=1S/C20H16ClF3N4O2/c1-11(29)28(15-6-12(22)5-13(23)7-15)19(26)8-14(10-25)27-20(30)9-16-17(21)3-2-4-18(16)24/h2-8,10,25-26H,9H2,1H3,(H,27,30)/b14-8+,25-10?,26-19?. The lowest BCUT2D eigenvalue weighted by Gasteiger charge is -2.20. The van der Waals surface area contributed by atoms with Gasteiger partial charge in [0.25, 0.3) is 0 Å². The molecule has 0 spiro atoms. The molecule has 3 N–H and O–H groups in total. The van der Waals surface area contributed by atoms with Crippen molar-refractivity contribution in [2.75, 3.05) is 4.90 Å². The minimum Gasteiger partial charge on any atom is -0.324 e. The summed E-state index contributed by atoms with van der Waals surface area (Å²) in [6.45, 7) is 1.08. The fraction of sp³-hybridized carbons (Fsp3) is 0.100. The normalized spacial score (nSPS) is 11.0. The monoisotopic (exact) mass is 436 g/mol. The largest absolute Gasteiger partial charge is 0.324 e. The Morgan fingerprint density at radius 3 is 2.33 bits per heavy atom. The van der Waals surface area contributed by atoms with Crippen molar-refractivity contribution in [2.24, 2.45) is 0 Å². The molecule has 6 nitrogen and oxygen atoms in total. The molecule has 2 rings (SSSR count). The van der Waals surface area contributed by atoms with Gasteiger partial charge in [-0.25, -0.2) is 13.2 Å². The van der Waals surface area contributed by atoms with Crippen molar-refractivity contribution < 1.29 is 22.8 Å². The Bertz CT molecular complexity index is 1020. The van der Waals surface area contributed by atoms with Crippen LogP contribution >= 0.6 is 11.6 Å². The number of amidine groups is 1. The van der Waals surface area contributed by atoms with Crippen LogP contribution in [0.4, 0.5) is 18.9 Å². The van der Waals surface area contributed by atoms with Gasteiger partial charge in [0.2, 0.25) is 11.8 Å². The summed E-state index contributed by atoms with van der Waals surface area (Å²) < 4.78 is 40.8. The van der Waals surface area contributed by atoms with Crippen molar-refractivity contribution in [3.63, 3.8) is 0 Å². The Hall–Kier alpha value is -3.46. The lowest BCUT2D eigenvalue weighted by atomic mass is 10.1. The highest BCUT2D eigenvalue weighted by atomic mass is 35.5. The maximum absolute atomic E-state index is 13.8. The minimum absolute atomic E-state index is 0.0447. The number of nitrogens with zero attached hydrogens (tertiary/aromatic N) is 1. The van der Waals surface area contributed by atoms with Gasteiger partial charge in [0, 0.05) is 35.9 Å². The van der Waals surface area contributed by atoms with E-state index in [1.165, 1.54) is 12.1 Å². The first-order valence-corrected chi connectivity index (χ1v) is 8.80. The van der Waals surface area contributed by atoms with E-state index in [0.717, 1.165) is 31.2 Å². The molecule has 0 aliphatic carbocycles. The van der Waals surface area contributed by atoms with E-state index in [2.05, 4.69) is 5.32 Å². The second-order valence-corrected chi connectivity index (χ2v) is 6.44. The van der Waals surface area contributed by atoms with Gasteiger partial charge >= 0.3 is 0 Å². The Kier molecular flexibility index (Phi) is 7.48. The number of anilines is 1. The SMILES string of the molecule is CC(=O)N(C(=N)/C=C(\C=N)NC(=O)Cc1c(F)cccc1Cl)c1cc(F)cc(F)c1. The summed E-state index contributed by atoms with van der Waals surface area (Å²) in [4.78, 5) is 24.8. The molecule has 0 bridgehead atoms. The van der Waals surface area contributed by atoms with Crippen LogP contribution in [0.3, 0.4) is 0 Å². The van der Waals surface area contributed by atoms with Gasteiger partial charge in [-0.05, 0) is 24.3 Å². The number of allylic oxidation sites excluding steroid dienone is 1. The summed E-state index contributed by atoms with van der Waals surface area (Å²) in [6, 6.07) is 6.26. The average Bonchev–Trinajstić information content (AvgIpc) is 2.63. The predicted molar refractivity (Wildman–Crippen MR) is 107 cm³/mol. The fourth-order valence-electron chi connectivity index (χ4n) is 2.55. The first-order chi connectivity index (χ1) is 14.1. The fourth-order valence-corrected chi connectivity index (χ4v) is 2.78. The molecule has 30 heavy (non-hydrogen) atoms. The van der Waals surface area contributed by atoms with Gasteiger partial charge in [-0.2, -0.15) is 0 Å². The third-order valence-corrected chi connectivity index (χ3v) is 4.15. The molecule has 0 saturated carbocycles. The molecule has 0 atom stereocenters. The van der Waals surface area contributed by atoms with Crippen LogP contribution in [0.5, 0.6) is 0 Å². The van der Waals surface area contributed by atoms with E-state index >= 15 is 0 Å². The lowest BCUT2D eigenvalue weighted by Crippen LogP contribution is -2.35. The molecule has 0 unspecified atom stereocenters. The zero-order valence-corrected chi connectivity index (χ0v) is 16.4. The molecule has 0 aliphatic heterocycles. The summed E-state index contributed by atoms with van der Waals surface area (Å²) in [5, 5.41) is 17.8. The van der Waals surface area contributed by atoms with Crippen LogP contribution in [0.1, 0.15) is 12.5 Å². The average molecular weight is 437 g/mol. The van der Waals surface area contributed by atoms with Gasteiger partial charge in [0.1, 0.15) is 23.3 Å². The zero-order valence-electron chi connectivity index (χ0n) is 15.6. The van der Waals surface area contributed by atoms with Gasteiger partial charge in [0.05, 0.1) is 17.8 Å². The van der Waals surface area contributed by atoms with Crippen LogP contribution < -0.4 is 10.2 Å². The third kappa shape index (κ3) is 5.77. The van der Waals surface area contributed by atoms with Crippen LogP contribution in [0.15, 0.2) is 48.2 Å². The van der Waals surface area contributed by atoms with Crippen molar-refractivity contribution in [1.29, 1.82) is 10.8 Å². The second-order valence-electron chi connectivity index (χ2n) is 6.04. The van der Waals surface area contributed by atoms with Gasteiger partial charge in [-0.1, -0.05) is 17.7 Å². The molecule has 0 aromatic heterocycles. The van der Waals surface area contributed by atoms with Crippen LogP contribution in [0.2, 0.25) is 5.02 Å². The third-order valence-electron chi connectivity index (χ3n) is 3.79. The summed E-state index contributed by atoms with van der Waals surface area (Å²) in [7, 11) is 0. The number of amides is 2. The number of hydrogen-bond acceptors (Lipinski definition) is 4. The molecule has 0 heterocycles. The predicted octanol–water partition coefficient (Wildman–Crippen LogP) is 3.98. The molecule has 0 radical (unpaired) electrons. The van der Waals surface area contributed by atoms with E-state index in [9.17, 15) is 22.8 Å². The zero-order chi connectivity index (χ0) is 22.4. The number of nitrogens with one attached hydrogen (secondary N) is 3. The van der Waals surface area contributed by atoms with Crippen molar-refractivity contribution in [3.05, 3.63) is 76.2 Å². The summed E-state index contributed by atoms with van der Waals surface area (Å²) >= 11 is 5.88. The summed E-state index contributed by atoms with van der Waals surface area (Å²) in [6.07, 6.45) is 1.20. The van der Waals surface area contributed by atoms with Crippen molar-refractivity contribution in [2.45, 2.75) is 13.3 Å². The molecular weight excluding hydrogens is 421 g/mol. The van der Waals surface area contributed by atoms with Gasteiger partial charge in [-0.15, -0.1) is 0 Å². The van der Waals surface area contributed by atoms with Crippen LogP contribution in [0, 0.1) is 28.3 Å². The number of rotatable bonds is 6. The van der Waals surface area contributed by atoms with Crippen LogP contribution in [-0.4, -0.2) is 23.9 Å². The van der Waals surface area contributed by atoms with E-state index in [0.29, 0.717) is 17.2 Å². The van der Waals surface area contributed by atoms with Crippen molar-refractivity contribution in [1.82, 2.24) is 5.32 Å².